The Kier molecular flexibility index (Phi) is 1.61. The second-order valence-electron chi connectivity index (χ2n) is 8.51. The van der Waals surface area contributed by atoms with E-state index in [0.29, 0.717) is 0 Å². The van der Waals surface area contributed by atoms with Crippen molar-refractivity contribution in [2.24, 2.45) is 0 Å². The molecule has 6 aromatic carbocycles. The molecule has 0 saturated heterocycles. The molecule has 0 unspecified atom stereocenters. The van der Waals surface area contributed by atoms with Crippen molar-refractivity contribution in [3.8, 4) is 0 Å². The molecule has 0 bridgehead atoms. The lowest BCUT2D eigenvalue weighted by Gasteiger charge is -2.10. The summed E-state index contributed by atoms with van der Waals surface area (Å²) < 4.78 is 201. The Morgan fingerprint density at radius 3 is 0.895 bits per heavy atom. The maximum Gasteiger partial charge on any atom is 0.0789 e. The van der Waals surface area contributed by atoms with Gasteiger partial charge in [0.1, 0.15) is 0 Å². The minimum absolute atomic E-state index is 0.440. The van der Waals surface area contributed by atoms with Gasteiger partial charge in [-0.05, 0) is 34.9 Å². The third-order valence-electron chi connectivity index (χ3n) is 6.71. The maximum absolute atomic E-state index is 9.45. The van der Waals surface area contributed by atoms with Crippen LogP contribution >= 0.6 is 0 Å². The molecule has 176 valence electrons. The zero-order chi connectivity index (χ0) is 43.9. The third kappa shape index (κ3) is 2.42. The number of fused-ring (bicyclic) bond motifs is 13. The quantitative estimate of drug-likeness (QED) is 0.194. The average molecular weight is 505 g/mol. The molecular formula is C36H22N2. The molecule has 2 heteroatoms. The summed E-state index contributed by atoms with van der Waals surface area (Å²) in [5.41, 5.74) is -3.33. The minimum Gasteiger partial charge on any atom is -0.307 e. The van der Waals surface area contributed by atoms with Crippen LogP contribution in [0.2, 0.25) is 0 Å². The van der Waals surface area contributed by atoms with E-state index in [9.17, 15) is 13.7 Å². The first-order valence-electron chi connectivity index (χ1n) is 22.3. The lowest BCUT2D eigenvalue weighted by Crippen LogP contribution is -1.92. The molecule has 0 spiro atoms. The molecule has 0 saturated carbocycles. The number of rotatable bonds is 0. The van der Waals surface area contributed by atoms with Crippen LogP contribution in [0.15, 0.2) is 133 Å². The van der Waals surface area contributed by atoms with Crippen LogP contribution in [0.5, 0.6) is 0 Å². The fourth-order valence-electron chi connectivity index (χ4n) is 5.25. The van der Waals surface area contributed by atoms with Gasteiger partial charge in [0.2, 0.25) is 0 Å². The molecule has 0 aliphatic heterocycles. The number of nitrogens with zero attached hydrogens (tertiary/aromatic N) is 2. The Labute approximate surface area is 249 Å². The van der Waals surface area contributed by atoms with Crippen molar-refractivity contribution >= 4 is 76.2 Å². The van der Waals surface area contributed by atoms with Crippen LogP contribution in [0, 0.1) is 0 Å². The predicted molar refractivity (Wildman–Crippen MR) is 162 cm³/mol. The van der Waals surface area contributed by atoms with Crippen molar-refractivity contribution in [1.29, 1.82) is 0 Å². The van der Waals surface area contributed by atoms with Crippen LogP contribution in [-0.4, -0.2) is 8.80 Å². The summed E-state index contributed by atoms with van der Waals surface area (Å²) in [4.78, 5) is 0. The molecule has 0 atom stereocenters. The van der Waals surface area contributed by atoms with Gasteiger partial charge in [-0.15, -0.1) is 0 Å². The van der Waals surface area contributed by atoms with Gasteiger partial charge in [0.15, 0.2) is 0 Å². The summed E-state index contributed by atoms with van der Waals surface area (Å²) in [6, 6.07) is -19.2. The average Bonchev–Trinajstić information content (AvgIpc) is 3.76. The van der Waals surface area contributed by atoms with Gasteiger partial charge >= 0.3 is 0 Å². The summed E-state index contributed by atoms with van der Waals surface area (Å²) in [5.74, 6) is 0. The standard InChI is InChI=1S/C36H22N2/c1-2-12-24-23(11-1)25-13-3-7-17-31(25)37-33-19-9-5-15-27(33)29-21-22-30-28-16-6-10-20-34(28)38(36(30)35(29)37)32-18-8-4-14-26(24)32/h1-22H/i1D,2D,3D,4D,5D,6D,7D,8D,9D,10D,11D,12D,13D,14D,15D,16D,17D,18D,19D,20D,21D,22D. The van der Waals surface area contributed by atoms with E-state index in [1.807, 2.05) is 0 Å². The van der Waals surface area contributed by atoms with Crippen molar-refractivity contribution in [2.45, 2.75) is 0 Å². The van der Waals surface area contributed by atoms with E-state index in [1.165, 1.54) is 0 Å². The van der Waals surface area contributed by atoms with Crippen LogP contribution in [0.25, 0.3) is 76.2 Å². The second kappa shape index (κ2) is 7.24. The van der Waals surface area contributed by atoms with Gasteiger partial charge in [-0.2, -0.15) is 0 Å². The molecule has 2 nitrogen and oxygen atoms in total. The number of benzene rings is 6. The molecule has 0 N–H and O–H groups in total. The fourth-order valence-corrected chi connectivity index (χ4v) is 5.25. The first-order chi connectivity index (χ1) is 28.0. The minimum atomic E-state index is -0.946. The molecule has 3 heterocycles. The molecule has 0 radical (unpaired) electrons. The highest BCUT2D eigenvalue weighted by Crippen LogP contribution is 2.41. The topological polar surface area (TPSA) is 8.82 Å². The van der Waals surface area contributed by atoms with Crippen LogP contribution in [-0.2, 0) is 0 Å². The van der Waals surface area contributed by atoms with Gasteiger partial charge in [-0.3, -0.25) is 0 Å². The fraction of sp³-hybridized carbons (Fsp3) is 0. The molecule has 0 fully saturated rings. The monoisotopic (exact) mass is 504 g/mol. The first-order valence-corrected chi connectivity index (χ1v) is 11.3. The van der Waals surface area contributed by atoms with E-state index >= 15 is 0 Å². The number of hydrogen-bond donors (Lipinski definition) is 0. The van der Waals surface area contributed by atoms with Crippen molar-refractivity contribution in [1.82, 2.24) is 8.80 Å². The SMILES string of the molecule is [2H]c1c([2H])c([2H])c2c(c1[2H])c1c([2H])c([2H])c([2H])c([2H])c1n1c3c([2H])c([2H])c([2H])c([2H])c3c3c([2H])c([2H])c4c5c([2H])c([2H])c([2H])c([2H])c5n(c5c([2H])c([2H])c([2H])c([2H])c25)c4c31. The summed E-state index contributed by atoms with van der Waals surface area (Å²) in [5, 5.41) is -4.60. The third-order valence-corrected chi connectivity index (χ3v) is 6.71. The van der Waals surface area contributed by atoms with Crippen molar-refractivity contribution in [3.63, 3.8) is 0 Å². The van der Waals surface area contributed by atoms with E-state index in [1.54, 1.807) is 0 Å². The first kappa shape index (κ1) is 8.47. The summed E-state index contributed by atoms with van der Waals surface area (Å²) in [7, 11) is 0. The number of aromatic nitrogens is 2. The molecule has 3 aromatic heterocycles. The smallest absolute Gasteiger partial charge is 0.0789 e. The van der Waals surface area contributed by atoms with E-state index in [-0.39, 0.29) is 0 Å². The van der Waals surface area contributed by atoms with Crippen LogP contribution in [0.4, 0.5) is 0 Å². The Morgan fingerprint density at radius 1 is 0.289 bits per heavy atom. The molecule has 0 amide bonds. The lowest BCUT2D eigenvalue weighted by atomic mass is 10.0. The highest BCUT2D eigenvalue weighted by atomic mass is 15.0. The molecule has 38 heavy (non-hydrogen) atoms. The number of hydrogen-bond acceptors (Lipinski definition) is 0. The maximum atomic E-state index is 9.45. The zero-order valence-corrected chi connectivity index (χ0v) is 18.9. The van der Waals surface area contributed by atoms with Crippen molar-refractivity contribution in [3.05, 3.63) is 133 Å². The van der Waals surface area contributed by atoms with Gasteiger partial charge in [-0.25, -0.2) is 0 Å². The van der Waals surface area contributed by atoms with E-state index < -0.39 is 209 Å². The summed E-state index contributed by atoms with van der Waals surface area (Å²) in [6.45, 7) is 0. The lowest BCUT2D eigenvalue weighted by molar-refractivity contribution is 1.31. The molecular weight excluding hydrogens is 460 g/mol. The second-order valence-corrected chi connectivity index (χ2v) is 8.51. The van der Waals surface area contributed by atoms with Crippen LogP contribution < -0.4 is 0 Å². The Hall–Kier alpha value is -5.08. The van der Waals surface area contributed by atoms with Crippen molar-refractivity contribution in [2.75, 3.05) is 0 Å². The molecule has 9 rings (SSSR count). The normalized spacial score (nSPS) is 20.3. The molecule has 9 aromatic rings. The van der Waals surface area contributed by atoms with E-state index in [0.717, 1.165) is 8.80 Å². The summed E-state index contributed by atoms with van der Waals surface area (Å²) >= 11 is 0. The highest BCUT2D eigenvalue weighted by Gasteiger charge is 2.19. The highest BCUT2D eigenvalue weighted by molar-refractivity contribution is 6.25. The largest absolute Gasteiger partial charge is 0.307 e. The van der Waals surface area contributed by atoms with E-state index in [4.69, 9.17) is 16.4 Å². The Bertz CT molecular complexity index is 3440. The molecule has 0 aliphatic rings. The van der Waals surface area contributed by atoms with Gasteiger partial charge in [-0.1, -0.05) is 109 Å². The predicted octanol–water partition coefficient (Wildman–Crippen LogP) is 9.67. The Balaban J connectivity index is 2.02. The number of para-hydroxylation sites is 4. The molecule has 0 aliphatic carbocycles. The van der Waals surface area contributed by atoms with Crippen LogP contribution in [0.1, 0.15) is 30.2 Å². The Morgan fingerprint density at radius 2 is 0.553 bits per heavy atom. The van der Waals surface area contributed by atoms with Gasteiger partial charge in [0.25, 0.3) is 0 Å². The van der Waals surface area contributed by atoms with Gasteiger partial charge in [0, 0.05) is 32.3 Å². The van der Waals surface area contributed by atoms with Gasteiger partial charge in [0.05, 0.1) is 63.3 Å². The van der Waals surface area contributed by atoms with Gasteiger partial charge < -0.3 is 8.80 Å². The van der Waals surface area contributed by atoms with E-state index in [2.05, 4.69) is 0 Å². The summed E-state index contributed by atoms with van der Waals surface area (Å²) in [6.07, 6.45) is 0. The zero-order valence-electron chi connectivity index (χ0n) is 40.9. The van der Waals surface area contributed by atoms with Crippen LogP contribution in [0.3, 0.4) is 0 Å². The van der Waals surface area contributed by atoms with Crippen molar-refractivity contribution < 1.29 is 30.2 Å².